The Morgan fingerprint density at radius 3 is 2.70 bits per heavy atom. The lowest BCUT2D eigenvalue weighted by molar-refractivity contribution is 0.373. The monoisotopic (exact) mass is 335 g/mol. The molecule has 1 atom stereocenters. The summed E-state index contributed by atoms with van der Waals surface area (Å²) < 4.78 is 6.23. The number of benzene rings is 2. The Morgan fingerprint density at radius 2 is 2.00 bits per heavy atom. The van der Waals surface area contributed by atoms with Crippen molar-refractivity contribution in [1.82, 2.24) is 0 Å². The molecular formula is C16H18BrNO2. The molecule has 0 amide bonds. The fourth-order valence-electron chi connectivity index (χ4n) is 2.04. The van der Waals surface area contributed by atoms with Gasteiger partial charge in [0.2, 0.25) is 0 Å². The van der Waals surface area contributed by atoms with Crippen molar-refractivity contribution >= 4 is 21.6 Å². The molecule has 0 aliphatic carbocycles. The lowest BCUT2D eigenvalue weighted by atomic mass is 10.1. The Kier molecular flexibility index (Phi) is 4.55. The highest BCUT2D eigenvalue weighted by Crippen LogP contribution is 2.31. The van der Waals surface area contributed by atoms with E-state index < -0.39 is 0 Å². The third-order valence-electron chi connectivity index (χ3n) is 3.34. The van der Waals surface area contributed by atoms with Crippen LogP contribution in [0.15, 0.2) is 40.9 Å². The number of methoxy groups -OCH3 is 1. The normalized spacial score (nSPS) is 12.0. The number of phenols is 1. The summed E-state index contributed by atoms with van der Waals surface area (Å²) in [7, 11) is 1.55. The number of ether oxygens (including phenoxy) is 1. The second-order valence-corrected chi connectivity index (χ2v) is 5.56. The van der Waals surface area contributed by atoms with Crippen molar-refractivity contribution < 1.29 is 9.84 Å². The molecule has 4 heteroatoms. The summed E-state index contributed by atoms with van der Waals surface area (Å²) in [4.78, 5) is 0. The number of phenolic OH excluding ortho intramolecular Hbond substituents is 1. The van der Waals surface area contributed by atoms with Gasteiger partial charge in [-0.2, -0.15) is 0 Å². The van der Waals surface area contributed by atoms with E-state index in [-0.39, 0.29) is 11.8 Å². The van der Waals surface area contributed by atoms with E-state index in [0.29, 0.717) is 5.75 Å². The van der Waals surface area contributed by atoms with Gasteiger partial charge < -0.3 is 15.2 Å². The van der Waals surface area contributed by atoms with Crippen molar-refractivity contribution in [3.63, 3.8) is 0 Å². The summed E-state index contributed by atoms with van der Waals surface area (Å²) in [6, 6.07) is 11.6. The molecule has 0 heterocycles. The highest BCUT2D eigenvalue weighted by molar-refractivity contribution is 9.10. The molecule has 0 saturated carbocycles. The van der Waals surface area contributed by atoms with Gasteiger partial charge in [-0.1, -0.05) is 28.1 Å². The van der Waals surface area contributed by atoms with Crippen LogP contribution in [0.3, 0.4) is 0 Å². The molecule has 0 spiro atoms. The number of nitrogens with one attached hydrogen (secondary N) is 1. The van der Waals surface area contributed by atoms with Gasteiger partial charge in [0.1, 0.15) is 0 Å². The van der Waals surface area contributed by atoms with E-state index in [0.717, 1.165) is 15.7 Å². The summed E-state index contributed by atoms with van der Waals surface area (Å²) in [6.45, 7) is 4.14. The molecule has 1 unspecified atom stereocenters. The van der Waals surface area contributed by atoms with Crippen LogP contribution in [0.5, 0.6) is 11.5 Å². The van der Waals surface area contributed by atoms with Crippen LogP contribution in [-0.2, 0) is 0 Å². The zero-order valence-corrected chi connectivity index (χ0v) is 13.4. The fourth-order valence-corrected chi connectivity index (χ4v) is 2.41. The van der Waals surface area contributed by atoms with Crippen LogP contribution >= 0.6 is 15.9 Å². The third-order valence-corrected chi connectivity index (χ3v) is 4.20. The van der Waals surface area contributed by atoms with Gasteiger partial charge in [-0.3, -0.25) is 0 Å². The van der Waals surface area contributed by atoms with E-state index in [1.165, 1.54) is 5.56 Å². The quantitative estimate of drug-likeness (QED) is 0.854. The number of aromatic hydroxyl groups is 1. The van der Waals surface area contributed by atoms with Crippen LogP contribution < -0.4 is 10.1 Å². The summed E-state index contributed by atoms with van der Waals surface area (Å²) in [5.74, 6) is 0.643. The maximum Gasteiger partial charge on any atom is 0.160 e. The van der Waals surface area contributed by atoms with Crippen LogP contribution in [0.2, 0.25) is 0 Å². The van der Waals surface area contributed by atoms with Gasteiger partial charge in [0, 0.05) is 16.2 Å². The molecule has 0 bridgehead atoms. The van der Waals surface area contributed by atoms with Gasteiger partial charge >= 0.3 is 0 Å². The second-order valence-electron chi connectivity index (χ2n) is 4.71. The lowest BCUT2D eigenvalue weighted by Gasteiger charge is -2.19. The number of hydrogen-bond acceptors (Lipinski definition) is 3. The first-order valence-corrected chi connectivity index (χ1v) is 7.20. The van der Waals surface area contributed by atoms with E-state index in [1.807, 2.05) is 30.3 Å². The van der Waals surface area contributed by atoms with Gasteiger partial charge in [0.15, 0.2) is 11.5 Å². The fraction of sp³-hybridized carbons (Fsp3) is 0.250. The molecule has 3 nitrogen and oxygen atoms in total. The largest absolute Gasteiger partial charge is 0.504 e. The van der Waals surface area contributed by atoms with E-state index in [2.05, 4.69) is 35.1 Å². The summed E-state index contributed by atoms with van der Waals surface area (Å²) in [5, 5.41) is 13.1. The minimum absolute atomic E-state index is 0.109. The molecular weight excluding hydrogens is 318 g/mol. The topological polar surface area (TPSA) is 41.5 Å². The summed E-state index contributed by atoms with van der Waals surface area (Å²) >= 11 is 3.53. The van der Waals surface area contributed by atoms with Crippen molar-refractivity contribution in [2.75, 3.05) is 12.4 Å². The van der Waals surface area contributed by atoms with E-state index in [4.69, 9.17) is 4.74 Å². The first-order valence-electron chi connectivity index (χ1n) is 6.41. The van der Waals surface area contributed by atoms with Crippen molar-refractivity contribution in [3.05, 3.63) is 52.0 Å². The minimum atomic E-state index is 0.109. The van der Waals surface area contributed by atoms with Crippen molar-refractivity contribution in [1.29, 1.82) is 0 Å². The first-order chi connectivity index (χ1) is 9.52. The predicted octanol–water partition coefficient (Wildman–Crippen LogP) is 4.64. The molecule has 2 aromatic carbocycles. The minimum Gasteiger partial charge on any atom is -0.504 e. The molecule has 0 aromatic heterocycles. The Bertz CT molecular complexity index is 613. The Balaban J connectivity index is 2.24. The smallest absolute Gasteiger partial charge is 0.160 e. The molecule has 2 N–H and O–H groups in total. The Labute approximate surface area is 127 Å². The van der Waals surface area contributed by atoms with Crippen LogP contribution in [0.1, 0.15) is 24.1 Å². The number of halogens is 1. The number of rotatable bonds is 4. The van der Waals surface area contributed by atoms with E-state index >= 15 is 0 Å². The molecule has 0 fully saturated rings. The molecule has 0 aliphatic rings. The Morgan fingerprint density at radius 1 is 1.25 bits per heavy atom. The SMILES string of the molecule is COc1cc(C(C)Nc2cccc(Br)c2C)ccc1O. The van der Waals surface area contributed by atoms with Gasteiger partial charge in [-0.15, -0.1) is 0 Å². The molecule has 20 heavy (non-hydrogen) atoms. The molecule has 2 rings (SSSR count). The van der Waals surface area contributed by atoms with Gasteiger partial charge in [0.05, 0.1) is 7.11 Å². The average molecular weight is 336 g/mol. The van der Waals surface area contributed by atoms with E-state index in [1.54, 1.807) is 13.2 Å². The van der Waals surface area contributed by atoms with E-state index in [9.17, 15) is 5.11 Å². The summed E-state index contributed by atoms with van der Waals surface area (Å²) in [6.07, 6.45) is 0. The molecule has 0 saturated heterocycles. The Hall–Kier alpha value is -1.68. The van der Waals surface area contributed by atoms with Gasteiger partial charge in [0.25, 0.3) is 0 Å². The predicted molar refractivity (Wildman–Crippen MR) is 85.6 cm³/mol. The lowest BCUT2D eigenvalue weighted by Crippen LogP contribution is -2.08. The number of hydrogen-bond donors (Lipinski definition) is 2. The second kappa shape index (κ2) is 6.18. The number of anilines is 1. The standard InChI is InChI=1S/C16H18BrNO2/c1-10-13(17)5-4-6-14(10)18-11(2)12-7-8-15(19)16(9-12)20-3/h4-9,11,18-19H,1-3H3. The highest BCUT2D eigenvalue weighted by Gasteiger charge is 2.11. The van der Waals surface area contributed by atoms with Crippen LogP contribution in [-0.4, -0.2) is 12.2 Å². The van der Waals surface area contributed by atoms with Crippen LogP contribution in [0.25, 0.3) is 0 Å². The average Bonchev–Trinajstić information content (AvgIpc) is 2.44. The van der Waals surface area contributed by atoms with Gasteiger partial charge in [-0.05, 0) is 49.2 Å². The summed E-state index contributed by atoms with van der Waals surface area (Å²) in [5.41, 5.74) is 3.31. The van der Waals surface area contributed by atoms with Crippen molar-refractivity contribution in [2.24, 2.45) is 0 Å². The third kappa shape index (κ3) is 3.07. The first kappa shape index (κ1) is 14.7. The van der Waals surface area contributed by atoms with Crippen LogP contribution in [0.4, 0.5) is 5.69 Å². The molecule has 0 radical (unpaired) electrons. The molecule has 106 valence electrons. The zero-order chi connectivity index (χ0) is 14.7. The molecule has 2 aromatic rings. The zero-order valence-electron chi connectivity index (χ0n) is 11.8. The maximum atomic E-state index is 9.64. The maximum absolute atomic E-state index is 9.64. The van der Waals surface area contributed by atoms with Crippen molar-refractivity contribution in [3.8, 4) is 11.5 Å². The van der Waals surface area contributed by atoms with Crippen LogP contribution in [0, 0.1) is 6.92 Å². The molecule has 0 aliphatic heterocycles. The highest BCUT2D eigenvalue weighted by atomic mass is 79.9. The van der Waals surface area contributed by atoms with Gasteiger partial charge in [-0.25, -0.2) is 0 Å². The van der Waals surface area contributed by atoms with Crippen molar-refractivity contribution in [2.45, 2.75) is 19.9 Å².